The molecule has 5 fully saturated rings. The van der Waals surface area contributed by atoms with Crippen molar-refractivity contribution in [3.05, 3.63) is 17.2 Å². The Morgan fingerprint density at radius 3 is 2.28 bits per heavy atom. The Balaban J connectivity index is 1.20. The van der Waals surface area contributed by atoms with Crippen LogP contribution in [0.25, 0.3) is 0 Å². The molecule has 4 aliphatic heterocycles. The summed E-state index contributed by atoms with van der Waals surface area (Å²) in [6, 6.07) is 0.181. The lowest BCUT2D eigenvalue weighted by atomic mass is 9.67. The van der Waals surface area contributed by atoms with Crippen molar-refractivity contribution in [2.24, 2.45) is 41.2 Å². The normalized spacial score (nSPS) is 46.7. The average molecular weight is 689 g/mol. The van der Waals surface area contributed by atoms with Crippen LogP contribution in [0, 0.1) is 40.4 Å². The number of nitrogens with one attached hydrogen (secondary N) is 3. The molecule has 262 valence electrons. The van der Waals surface area contributed by atoms with E-state index in [1.807, 2.05) is 6.08 Å². The van der Waals surface area contributed by atoms with Crippen LogP contribution < -0.4 is 21.7 Å². The van der Waals surface area contributed by atoms with E-state index in [0.717, 1.165) is 82.2 Å². The van der Waals surface area contributed by atoms with Crippen molar-refractivity contribution in [1.29, 1.82) is 0 Å². The molecule has 2 aliphatic carbocycles. The van der Waals surface area contributed by atoms with E-state index < -0.39 is 24.2 Å². The third kappa shape index (κ3) is 7.81. The maximum Gasteiger partial charge on any atom is 0.258 e. The van der Waals surface area contributed by atoms with Gasteiger partial charge in [-0.15, -0.1) is 23.2 Å². The minimum atomic E-state index is -0.893. The molecule has 0 aromatic rings. The Kier molecular flexibility index (Phi) is 11.7. The zero-order valence-electron chi connectivity index (χ0n) is 27.9. The van der Waals surface area contributed by atoms with Gasteiger partial charge < -0.3 is 10.6 Å². The number of rotatable bonds is 7. The number of piperidine rings is 3. The molecule has 14 atom stereocenters. The molecule has 46 heavy (non-hydrogen) atoms. The third-order valence-electron chi connectivity index (χ3n) is 12.9. The molecule has 6 aliphatic rings. The van der Waals surface area contributed by atoms with E-state index in [4.69, 9.17) is 28.9 Å². The third-order valence-corrected chi connectivity index (χ3v) is 13.6. The molecule has 0 amide bonds. The molecule has 0 radical (unpaired) electrons. The van der Waals surface area contributed by atoms with Gasteiger partial charge in [0.2, 0.25) is 6.20 Å². The van der Waals surface area contributed by atoms with Gasteiger partial charge in [0, 0.05) is 57.3 Å². The fraction of sp³-hybridized carbons (Fsp3) is 0.943. The smallest absolute Gasteiger partial charge is 0.258 e. The summed E-state index contributed by atoms with van der Waals surface area (Å²) in [7, 11) is 0. The van der Waals surface area contributed by atoms with Crippen molar-refractivity contribution in [2.45, 2.75) is 150 Å². The van der Waals surface area contributed by atoms with Crippen LogP contribution in [-0.4, -0.2) is 82.5 Å². The van der Waals surface area contributed by atoms with Gasteiger partial charge in [0.05, 0.1) is 11.8 Å². The number of hydrogen-bond donors (Lipinski definition) is 4. The maximum absolute atomic E-state index is 15.9. The van der Waals surface area contributed by atoms with Crippen LogP contribution >= 0.6 is 23.2 Å². The van der Waals surface area contributed by atoms with Crippen LogP contribution in [0.15, 0.2) is 12.3 Å². The van der Waals surface area contributed by atoms with Gasteiger partial charge in [-0.25, -0.2) is 8.78 Å². The number of halogens is 4. The Morgan fingerprint density at radius 2 is 1.54 bits per heavy atom. The summed E-state index contributed by atoms with van der Waals surface area (Å²) in [5.41, 5.74) is 5.83. The lowest BCUT2D eigenvalue weighted by Gasteiger charge is -2.56. The van der Waals surface area contributed by atoms with Crippen molar-refractivity contribution >= 4 is 23.2 Å². The number of nitrogens with two attached hydrogens (primary N) is 1. The molecule has 4 heterocycles. The molecule has 0 bridgehead atoms. The Morgan fingerprint density at radius 1 is 0.848 bits per heavy atom. The second kappa shape index (κ2) is 15.2. The number of likely N-dealkylation sites (tertiary alicyclic amines) is 1. The number of allylic oxidation sites excluding steroid dienone is 1. The zero-order chi connectivity index (χ0) is 32.6. The summed E-state index contributed by atoms with van der Waals surface area (Å²) < 4.78 is 32.1. The van der Waals surface area contributed by atoms with E-state index in [-0.39, 0.29) is 52.7 Å². The monoisotopic (exact) mass is 687 g/mol. The van der Waals surface area contributed by atoms with E-state index in [0.29, 0.717) is 37.5 Å². The van der Waals surface area contributed by atoms with Crippen LogP contribution in [0.4, 0.5) is 8.78 Å². The van der Waals surface area contributed by atoms with Crippen LogP contribution in [0.2, 0.25) is 0 Å². The van der Waals surface area contributed by atoms with Crippen LogP contribution in [0.3, 0.4) is 0 Å². The minimum Gasteiger partial charge on any atom is -0.313 e. The number of hydrogen-bond acceptors (Lipinski definition) is 6. The Labute approximate surface area is 285 Å². The van der Waals surface area contributed by atoms with Gasteiger partial charge in [0.25, 0.3) is 6.17 Å². The Bertz CT molecular complexity index is 1070. The predicted octanol–water partition coefficient (Wildman–Crippen LogP) is 6.18. The van der Waals surface area contributed by atoms with Crippen LogP contribution in [0.1, 0.15) is 97.3 Å². The highest BCUT2D eigenvalue weighted by Gasteiger charge is 2.51. The molecular weight excluding hydrogens is 629 g/mol. The lowest BCUT2D eigenvalue weighted by Crippen LogP contribution is -2.69. The fourth-order valence-electron chi connectivity index (χ4n) is 10.6. The zero-order valence-corrected chi connectivity index (χ0v) is 29.5. The summed E-state index contributed by atoms with van der Waals surface area (Å²) in [6.45, 7) is 7.28. The van der Waals surface area contributed by atoms with Gasteiger partial charge in [-0.1, -0.05) is 0 Å². The maximum atomic E-state index is 15.9. The van der Waals surface area contributed by atoms with E-state index in [2.05, 4.69) is 34.7 Å². The molecule has 0 aromatic heterocycles. The van der Waals surface area contributed by atoms with Crippen molar-refractivity contribution in [2.75, 3.05) is 19.6 Å². The number of nitroso groups, excluding NO2 is 1. The summed E-state index contributed by atoms with van der Waals surface area (Å²) in [5, 5.41) is 11.6. The molecule has 14 unspecified atom stereocenters. The van der Waals surface area contributed by atoms with Gasteiger partial charge in [-0.3, -0.25) is 16.0 Å². The lowest BCUT2D eigenvalue weighted by molar-refractivity contribution is -0.528. The average Bonchev–Trinajstić information content (AvgIpc) is 3.04. The van der Waals surface area contributed by atoms with Gasteiger partial charge in [0.1, 0.15) is 12.3 Å². The second-order valence-electron chi connectivity index (χ2n) is 16.1. The molecule has 7 nitrogen and oxygen atoms in total. The molecular formula is C35H59Cl2F2N6O+. The first kappa shape index (κ1) is 35.4. The molecule has 11 heteroatoms. The summed E-state index contributed by atoms with van der Waals surface area (Å²) in [6.07, 6.45) is 12.5. The standard InChI is InChI=1S/C35H59Cl2F2N6O/c1-35(2,43-32-18-21(11-14-41-32)25-5-3-13-42-33(25)27-19-23(36)7-9-29(27)38)44-15-4-6-26(22-12-16-45(46)31(40)17-22)34(44)28-20-24(37)8-10-30(28)39/h12,16,21-34,41-43H,3-11,13-15,17-20,40H2,1-2H3/q+1. The van der Waals surface area contributed by atoms with Gasteiger partial charge in [0.15, 0.2) is 0 Å². The quantitative estimate of drug-likeness (QED) is 0.189. The first-order valence-corrected chi connectivity index (χ1v) is 19.4. The van der Waals surface area contributed by atoms with Gasteiger partial charge in [-0.05, 0) is 134 Å². The van der Waals surface area contributed by atoms with Crippen molar-refractivity contribution < 1.29 is 13.5 Å². The fourth-order valence-corrected chi connectivity index (χ4v) is 11.3. The van der Waals surface area contributed by atoms with E-state index in [1.165, 1.54) is 0 Å². The van der Waals surface area contributed by atoms with Crippen LogP contribution in [0.5, 0.6) is 0 Å². The molecule has 0 aromatic carbocycles. The SMILES string of the molecule is CC(C)(NC1CC(C2CCCNC2C2CC(Cl)CCC2F)CCN1)N1CCCC(C2C=C[N+](=O)C(N)C2)C1C1CC(Cl)CCC1F. The molecule has 5 N–H and O–H groups in total. The highest BCUT2D eigenvalue weighted by Crippen LogP contribution is 2.46. The molecule has 0 spiro atoms. The summed E-state index contributed by atoms with van der Waals surface area (Å²) >= 11 is 13.3. The minimum absolute atomic E-state index is 0.00382. The van der Waals surface area contributed by atoms with E-state index >= 15 is 8.78 Å². The number of nitrogens with zero attached hydrogens (tertiary/aromatic N) is 2. The topological polar surface area (TPSA) is 85.4 Å². The van der Waals surface area contributed by atoms with Gasteiger partial charge in [-0.2, -0.15) is 0 Å². The predicted molar refractivity (Wildman–Crippen MR) is 182 cm³/mol. The number of alkyl halides is 4. The second-order valence-corrected chi connectivity index (χ2v) is 17.4. The van der Waals surface area contributed by atoms with Crippen LogP contribution in [-0.2, 0) is 0 Å². The van der Waals surface area contributed by atoms with Crippen molar-refractivity contribution in [3.63, 3.8) is 0 Å². The van der Waals surface area contributed by atoms with Crippen molar-refractivity contribution in [1.82, 2.24) is 20.9 Å². The van der Waals surface area contributed by atoms with Crippen molar-refractivity contribution in [3.8, 4) is 0 Å². The molecule has 6 rings (SSSR count). The first-order chi connectivity index (χ1) is 22.0. The highest BCUT2D eigenvalue weighted by molar-refractivity contribution is 6.20. The summed E-state index contributed by atoms with van der Waals surface area (Å²) in [5.74, 6) is 1.11. The first-order valence-electron chi connectivity index (χ1n) is 18.5. The molecule has 3 saturated heterocycles. The highest BCUT2D eigenvalue weighted by atomic mass is 35.5. The summed E-state index contributed by atoms with van der Waals surface area (Å²) in [4.78, 5) is 14.7. The van der Waals surface area contributed by atoms with Gasteiger partial charge >= 0.3 is 0 Å². The molecule has 2 saturated carbocycles. The van der Waals surface area contributed by atoms with E-state index in [1.54, 1.807) is 6.20 Å². The largest absolute Gasteiger partial charge is 0.313 e. The Hall–Kier alpha value is -0.420. The van der Waals surface area contributed by atoms with E-state index in [9.17, 15) is 4.91 Å².